The molecule has 0 atom stereocenters. The predicted molar refractivity (Wildman–Crippen MR) is 58.4 cm³/mol. The van der Waals surface area contributed by atoms with E-state index in [-0.39, 0.29) is 11.2 Å². The minimum atomic E-state index is -0.299. The van der Waals surface area contributed by atoms with E-state index in [4.69, 9.17) is 16.0 Å². The van der Waals surface area contributed by atoms with Gasteiger partial charge in [0.15, 0.2) is 0 Å². The highest BCUT2D eigenvalue weighted by molar-refractivity contribution is 6.28. The van der Waals surface area contributed by atoms with Crippen LogP contribution in [0.4, 0.5) is 5.82 Å². The minimum absolute atomic E-state index is 0.0844. The van der Waals surface area contributed by atoms with Crippen LogP contribution in [-0.4, -0.2) is 15.9 Å². The van der Waals surface area contributed by atoms with Crippen LogP contribution >= 0.6 is 11.6 Å². The van der Waals surface area contributed by atoms with E-state index >= 15 is 0 Å². The fourth-order valence-corrected chi connectivity index (χ4v) is 1.30. The molecule has 6 heteroatoms. The molecule has 0 unspecified atom stereocenters. The van der Waals surface area contributed by atoms with Gasteiger partial charge in [-0.3, -0.25) is 4.79 Å². The van der Waals surface area contributed by atoms with Gasteiger partial charge >= 0.3 is 0 Å². The number of hydrogen-bond acceptors (Lipinski definition) is 4. The lowest BCUT2D eigenvalue weighted by atomic mass is 10.3. The van der Waals surface area contributed by atoms with Gasteiger partial charge < -0.3 is 9.73 Å². The first-order valence-corrected chi connectivity index (χ1v) is 4.88. The minimum Gasteiger partial charge on any atom is -0.469 e. The first-order chi connectivity index (χ1) is 7.65. The maximum Gasteiger partial charge on any atom is 0.260 e. The summed E-state index contributed by atoms with van der Waals surface area (Å²) >= 11 is 5.59. The van der Waals surface area contributed by atoms with Crippen molar-refractivity contribution in [2.75, 3.05) is 5.32 Å². The Hall–Kier alpha value is -1.88. The van der Waals surface area contributed by atoms with Gasteiger partial charge in [0.05, 0.1) is 5.56 Å². The smallest absolute Gasteiger partial charge is 0.260 e. The van der Waals surface area contributed by atoms with Crippen molar-refractivity contribution in [2.45, 2.75) is 6.92 Å². The molecule has 0 saturated heterocycles. The molecule has 0 aliphatic carbocycles. The summed E-state index contributed by atoms with van der Waals surface area (Å²) in [5.41, 5.74) is 0.437. The van der Waals surface area contributed by atoms with Gasteiger partial charge in [-0.2, -0.15) is 0 Å². The number of anilines is 1. The Labute approximate surface area is 96.5 Å². The monoisotopic (exact) mass is 237 g/mol. The molecule has 0 spiro atoms. The molecular weight excluding hydrogens is 230 g/mol. The molecule has 0 saturated carbocycles. The molecule has 1 amide bonds. The summed E-state index contributed by atoms with van der Waals surface area (Å²) in [5.74, 6) is 0.723. The third kappa shape index (κ3) is 2.38. The second kappa shape index (κ2) is 4.32. The number of furan rings is 1. The number of carbonyl (C=O) groups excluding carboxylic acids is 1. The van der Waals surface area contributed by atoms with Crippen LogP contribution < -0.4 is 5.32 Å². The largest absolute Gasteiger partial charge is 0.469 e. The third-order valence-corrected chi connectivity index (χ3v) is 2.04. The van der Waals surface area contributed by atoms with Crippen molar-refractivity contribution < 1.29 is 9.21 Å². The molecule has 82 valence electrons. The number of halogens is 1. The number of aromatic nitrogens is 2. The van der Waals surface area contributed by atoms with Crippen molar-refractivity contribution in [3.63, 3.8) is 0 Å². The maximum atomic E-state index is 11.7. The average Bonchev–Trinajstić information content (AvgIpc) is 2.65. The molecule has 0 bridgehead atoms. The zero-order chi connectivity index (χ0) is 11.5. The highest BCUT2D eigenvalue weighted by Crippen LogP contribution is 2.10. The lowest BCUT2D eigenvalue weighted by Crippen LogP contribution is -2.12. The van der Waals surface area contributed by atoms with Gasteiger partial charge in [-0.05, 0) is 30.7 Å². The van der Waals surface area contributed by atoms with E-state index in [1.165, 1.54) is 12.5 Å². The first-order valence-electron chi connectivity index (χ1n) is 4.50. The normalized spacial score (nSPS) is 10.1. The Morgan fingerprint density at radius 1 is 1.56 bits per heavy atom. The standard InChI is InChI=1S/C10H8ClN3O2/c1-6-4-7(5-16-6)9(15)13-8-2-3-12-10(11)14-8/h2-5H,1H3,(H,12,13,14,15). The summed E-state index contributed by atoms with van der Waals surface area (Å²) in [6.07, 6.45) is 2.85. The molecule has 2 aromatic heterocycles. The number of carbonyl (C=O) groups is 1. The van der Waals surface area contributed by atoms with Gasteiger partial charge in [-0.15, -0.1) is 0 Å². The number of rotatable bonds is 2. The number of nitrogens with one attached hydrogen (secondary N) is 1. The average molecular weight is 238 g/mol. The summed E-state index contributed by atoms with van der Waals surface area (Å²) in [4.78, 5) is 19.2. The number of nitrogens with zero attached hydrogens (tertiary/aromatic N) is 2. The number of amides is 1. The topological polar surface area (TPSA) is 68.0 Å². The van der Waals surface area contributed by atoms with Gasteiger partial charge in [-0.25, -0.2) is 9.97 Å². The summed E-state index contributed by atoms with van der Waals surface area (Å²) in [6.45, 7) is 1.76. The van der Waals surface area contributed by atoms with E-state index < -0.39 is 0 Å². The van der Waals surface area contributed by atoms with E-state index in [2.05, 4.69) is 15.3 Å². The molecule has 0 aliphatic heterocycles. The Morgan fingerprint density at radius 2 is 2.38 bits per heavy atom. The maximum absolute atomic E-state index is 11.7. The van der Waals surface area contributed by atoms with Crippen molar-refractivity contribution >= 4 is 23.3 Å². The third-order valence-electron chi connectivity index (χ3n) is 1.86. The van der Waals surface area contributed by atoms with E-state index in [0.29, 0.717) is 17.1 Å². The lowest BCUT2D eigenvalue weighted by Gasteiger charge is -2.01. The number of aryl methyl sites for hydroxylation is 1. The van der Waals surface area contributed by atoms with Crippen LogP contribution in [0.15, 0.2) is 29.0 Å². The SMILES string of the molecule is Cc1cc(C(=O)Nc2ccnc(Cl)n2)co1. The Bertz CT molecular complexity index is 524. The van der Waals surface area contributed by atoms with E-state index in [9.17, 15) is 4.79 Å². The molecular formula is C10H8ClN3O2. The molecule has 0 aromatic carbocycles. The predicted octanol–water partition coefficient (Wildman–Crippen LogP) is 2.28. The Balaban J connectivity index is 2.13. The van der Waals surface area contributed by atoms with Crippen molar-refractivity contribution in [1.82, 2.24) is 9.97 Å². The van der Waals surface area contributed by atoms with Gasteiger partial charge in [0.25, 0.3) is 5.91 Å². The van der Waals surface area contributed by atoms with Crippen LogP contribution in [0.25, 0.3) is 0 Å². The highest BCUT2D eigenvalue weighted by atomic mass is 35.5. The zero-order valence-electron chi connectivity index (χ0n) is 8.40. The van der Waals surface area contributed by atoms with E-state index in [1.807, 2.05) is 0 Å². The summed E-state index contributed by atoms with van der Waals surface area (Å²) in [6, 6.07) is 3.19. The fourth-order valence-electron chi connectivity index (χ4n) is 1.16. The molecule has 2 heterocycles. The van der Waals surface area contributed by atoms with Crippen LogP contribution in [0.1, 0.15) is 16.1 Å². The molecule has 5 nitrogen and oxygen atoms in total. The van der Waals surface area contributed by atoms with Crippen LogP contribution in [0, 0.1) is 6.92 Å². The van der Waals surface area contributed by atoms with Gasteiger partial charge in [0, 0.05) is 6.20 Å². The van der Waals surface area contributed by atoms with Crippen LogP contribution in [0.2, 0.25) is 5.28 Å². The van der Waals surface area contributed by atoms with Crippen LogP contribution in [-0.2, 0) is 0 Å². The summed E-state index contributed by atoms with van der Waals surface area (Å²) in [5, 5.41) is 2.66. The fraction of sp³-hybridized carbons (Fsp3) is 0.100. The van der Waals surface area contributed by atoms with Crippen molar-refractivity contribution in [2.24, 2.45) is 0 Å². The molecule has 16 heavy (non-hydrogen) atoms. The van der Waals surface area contributed by atoms with Crippen molar-refractivity contribution in [3.8, 4) is 0 Å². The van der Waals surface area contributed by atoms with Gasteiger partial charge in [0.2, 0.25) is 5.28 Å². The molecule has 1 N–H and O–H groups in total. The van der Waals surface area contributed by atoms with E-state index in [1.54, 1.807) is 19.1 Å². The van der Waals surface area contributed by atoms with Crippen molar-refractivity contribution in [1.29, 1.82) is 0 Å². The molecule has 0 radical (unpaired) electrons. The summed E-state index contributed by atoms with van der Waals surface area (Å²) < 4.78 is 5.03. The molecule has 0 aliphatic rings. The first kappa shape index (κ1) is 10.6. The zero-order valence-corrected chi connectivity index (χ0v) is 9.15. The lowest BCUT2D eigenvalue weighted by molar-refractivity contribution is 0.102. The Kier molecular flexibility index (Phi) is 2.87. The molecule has 2 aromatic rings. The van der Waals surface area contributed by atoms with Gasteiger partial charge in [0.1, 0.15) is 17.8 Å². The van der Waals surface area contributed by atoms with Crippen LogP contribution in [0.3, 0.4) is 0 Å². The quantitative estimate of drug-likeness (QED) is 0.814. The van der Waals surface area contributed by atoms with Crippen LogP contribution in [0.5, 0.6) is 0 Å². The highest BCUT2D eigenvalue weighted by Gasteiger charge is 2.09. The molecule has 2 rings (SSSR count). The second-order valence-corrected chi connectivity index (χ2v) is 3.45. The van der Waals surface area contributed by atoms with Crippen molar-refractivity contribution in [3.05, 3.63) is 41.2 Å². The van der Waals surface area contributed by atoms with Gasteiger partial charge in [-0.1, -0.05) is 0 Å². The Morgan fingerprint density at radius 3 is 3.00 bits per heavy atom. The van der Waals surface area contributed by atoms with E-state index in [0.717, 1.165) is 0 Å². The second-order valence-electron chi connectivity index (χ2n) is 3.11. The number of hydrogen-bond donors (Lipinski definition) is 1. The molecule has 0 fully saturated rings. The summed E-state index contributed by atoms with van der Waals surface area (Å²) in [7, 11) is 0.